The van der Waals surface area contributed by atoms with Crippen molar-refractivity contribution >= 4 is 17.9 Å². The van der Waals surface area contributed by atoms with Crippen molar-refractivity contribution < 1.29 is 35.4 Å². The van der Waals surface area contributed by atoms with E-state index in [0.29, 0.717) is 19.3 Å². The SMILES string of the molecule is [2H]C([2H])(OC(=O)CCCCCCCCCCCCCCCCCCC)C([2H])(OC(=O)CCCCCCCCC/C=C/CCCCCCCC)C([2H])([2H])OC(=O)CCCCCCCCCCCCCCCCCCC. The van der Waals surface area contributed by atoms with Gasteiger partial charge in [-0.15, -0.1) is 0 Å². The zero-order valence-corrected chi connectivity index (χ0v) is 46.4. The summed E-state index contributed by atoms with van der Waals surface area (Å²) >= 11 is 0. The maximum Gasteiger partial charge on any atom is 0.306 e. The average molecular weight is 979 g/mol. The van der Waals surface area contributed by atoms with E-state index in [0.717, 1.165) is 96.3 Å². The minimum Gasteiger partial charge on any atom is -0.462 e. The largest absolute Gasteiger partial charge is 0.462 e. The molecule has 0 aromatic heterocycles. The Hall–Kier alpha value is -1.85. The molecule has 0 aromatic rings. The second kappa shape index (κ2) is 58.7. The van der Waals surface area contributed by atoms with Crippen LogP contribution in [0.25, 0.3) is 0 Å². The van der Waals surface area contributed by atoms with Crippen LogP contribution in [0.1, 0.15) is 362 Å². The summed E-state index contributed by atoms with van der Waals surface area (Å²) in [7, 11) is 0. The number of hydrogen-bond acceptors (Lipinski definition) is 6. The lowest BCUT2D eigenvalue weighted by atomic mass is 10.0. The Bertz CT molecular complexity index is 1230. The van der Waals surface area contributed by atoms with E-state index in [9.17, 15) is 14.4 Å². The van der Waals surface area contributed by atoms with Gasteiger partial charge in [0.15, 0.2) is 6.08 Å². The van der Waals surface area contributed by atoms with Crippen molar-refractivity contribution in [2.45, 2.75) is 361 Å². The van der Waals surface area contributed by atoms with Gasteiger partial charge in [0.05, 0.1) is 6.85 Å². The fourth-order valence-corrected chi connectivity index (χ4v) is 9.22. The highest BCUT2D eigenvalue weighted by atomic mass is 16.6. The molecule has 0 aromatic carbocycles. The Morgan fingerprint density at radius 3 is 0.768 bits per heavy atom. The molecule has 408 valence electrons. The van der Waals surface area contributed by atoms with Gasteiger partial charge >= 0.3 is 17.9 Å². The number of unbranched alkanes of at least 4 members (excludes halogenated alkanes) is 45. The molecule has 0 amide bonds. The molecule has 0 aliphatic heterocycles. The fourth-order valence-electron chi connectivity index (χ4n) is 9.22. The van der Waals surface area contributed by atoms with Crippen LogP contribution in [-0.4, -0.2) is 37.1 Å². The predicted molar refractivity (Wildman–Crippen MR) is 298 cm³/mol. The van der Waals surface area contributed by atoms with Crippen LogP contribution in [0.3, 0.4) is 0 Å². The molecule has 6 heteroatoms. The number of rotatable bonds is 58. The second-order valence-electron chi connectivity index (χ2n) is 20.8. The standard InChI is InChI=1S/C63H120O6/c1-4-7-10-13-16-19-22-25-28-31-34-37-40-43-46-49-52-55-61(64)67-58-60(69-63(66)57-54-51-48-45-42-39-36-33-30-27-24-21-18-15-12-9-6-3)59-68-62(65)56-53-50-47-44-41-38-35-32-29-26-23-20-17-14-11-8-5-2/h27,30,60H,4-26,28-29,31-59H2,1-3H3/b30-27+/i58D2,59D2,60D. The summed E-state index contributed by atoms with van der Waals surface area (Å²) in [4.78, 5) is 39.2. The molecule has 0 heterocycles. The van der Waals surface area contributed by atoms with Gasteiger partial charge in [-0.3, -0.25) is 14.4 Å². The summed E-state index contributed by atoms with van der Waals surface area (Å²) in [5, 5.41) is 0. The monoisotopic (exact) mass is 978 g/mol. The fraction of sp³-hybridized carbons (Fsp3) is 0.921. The minimum atomic E-state index is -3.49. The first-order chi connectivity index (χ1) is 35.9. The Labute approximate surface area is 438 Å². The van der Waals surface area contributed by atoms with Crippen LogP contribution < -0.4 is 0 Å². The lowest BCUT2D eigenvalue weighted by Crippen LogP contribution is -2.30. The minimum absolute atomic E-state index is 0.125. The molecule has 0 saturated heterocycles. The van der Waals surface area contributed by atoms with Gasteiger partial charge in [-0.25, -0.2) is 0 Å². The highest BCUT2D eigenvalue weighted by molar-refractivity contribution is 5.71. The second-order valence-corrected chi connectivity index (χ2v) is 20.8. The zero-order chi connectivity index (χ0) is 54.5. The van der Waals surface area contributed by atoms with Crippen molar-refractivity contribution in [1.29, 1.82) is 0 Å². The molecule has 0 spiro atoms. The van der Waals surface area contributed by atoms with Crippen LogP contribution in [0.4, 0.5) is 0 Å². The normalized spacial score (nSPS) is 13.2. The lowest BCUT2D eigenvalue weighted by molar-refractivity contribution is -0.167. The third-order valence-corrected chi connectivity index (χ3v) is 13.8. The van der Waals surface area contributed by atoms with Gasteiger partial charge in [0.2, 0.25) is 0 Å². The number of carbonyl (C=O) groups excluding carboxylic acids is 3. The van der Waals surface area contributed by atoms with Crippen molar-refractivity contribution in [2.24, 2.45) is 0 Å². The molecule has 0 rings (SSSR count). The summed E-state index contributed by atoms with van der Waals surface area (Å²) < 4.78 is 59.3. The molecular formula is C63H120O6. The van der Waals surface area contributed by atoms with Gasteiger partial charge in [0, 0.05) is 19.3 Å². The van der Waals surface area contributed by atoms with Crippen LogP contribution in [0.15, 0.2) is 12.2 Å². The summed E-state index contributed by atoms with van der Waals surface area (Å²) in [5.74, 6) is -2.93. The molecule has 0 saturated carbocycles. The smallest absolute Gasteiger partial charge is 0.306 e. The van der Waals surface area contributed by atoms with Gasteiger partial charge in [0.1, 0.15) is 13.1 Å². The molecule has 0 radical (unpaired) electrons. The summed E-state index contributed by atoms with van der Waals surface area (Å²) in [5.41, 5.74) is 0. The number of ether oxygens (including phenoxy) is 3. The Balaban J connectivity index is 4.89. The molecule has 6 nitrogen and oxygen atoms in total. The summed E-state index contributed by atoms with van der Waals surface area (Å²) in [6.45, 7) is -0.135. The maximum atomic E-state index is 13.2. The first-order valence-electron chi connectivity index (χ1n) is 33.2. The molecule has 0 aliphatic rings. The Morgan fingerprint density at radius 2 is 0.522 bits per heavy atom. The quantitative estimate of drug-likeness (QED) is 0.0261. The molecule has 0 unspecified atom stereocenters. The number of carbonyl (C=O) groups is 3. The van der Waals surface area contributed by atoms with Gasteiger partial charge < -0.3 is 14.2 Å². The van der Waals surface area contributed by atoms with Gasteiger partial charge in [-0.2, -0.15) is 0 Å². The van der Waals surface area contributed by atoms with Crippen LogP contribution in [0.5, 0.6) is 0 Å². The maximum absolute atomic E-state index is 13.2. The topological polar surface area (TPSA) is 78.9 Å². The van der Waals surface area contributed by atoms with E-state index in [-0.39, 0.29) is 19.3 Å². The Kier molecular flexibility index (Phi) is 49.4. The molecular weight excluding hydrogens is 853 g/mol. The molecule has 0 atom stereocenters. The van der Waals surface area contributed by atoms with Crippen molar-refractivity contribution in [2.75, 3.05) is 13.1 Å². The highest BCUT2D eigenvalue weighted by Gasteiger charge is 2.19. The number of allylic oxidation sites excluding steroid dienone is 2. The van der Waals surface area contributed by atoms with E-state index in [1.54, 1.807) is 0 Å². The van der Waals surface area contributed by atoms with Gasteiger partial charge in [-0.1, -0.05) is 303 Å². The molecule has 69 heavy (non-hydrogen) atoms. The third kappa shape index (κ3) is 56.9. The average Bonchev–Trinajstić information content (AvgIpc) is 3.36. The molecule has 0 fully saturated rings. The zero-order valence-electron chi connectivity index (χ0n) is 51.4. The first kappa shape index (κ1) is 58.0. The van der Waals surface area contributed by atoms with Crippen molar-refractivity contribution in [3.05, 3.63) is 12.2 Å². The van der Waals surface area contributed by atoms with Crippen LogP contribution in [-0.2, 0) is 28.6 Å². The summed E-state index contributed by atoms with van der Waals surface area (Å²) in [6.07, 6.45) is 57.8. The van der Waals surface area contributed by atoms with Crippen LogP contribution >= 0.6 is 0 Å². The van der Waals surface area contributed by atoms with Gasteiger partial charge in [-0.05, 0) is 44.9 Å². The Morgan fingerprint density at radius 1 is 0.319 bits per heavy atom. The molecule has 0 aliphatic carbocycles. The summed E-state index contributed by atoms with van der Waals surface area (Å²) in [6, 6.07) is 0. The van der Waals surface area contributed by atoms with Crippen molar-refractivity contribution in [3.63, 3.8) is 0 Å². The van der Waals surface area contributed by atoms with Crippen LogP contribution in [0.2, 0.25) is 0 Å². The van der Waals surface area contributed by atoms with Crippen LogP contribution in [0, 0.1) is 0 Å². The first-order valence-corrected chi connectivity index (χ1v) is 30.7. The van der Waals surface area contributed by atoms with E-state index >= 15 is 0 Å². The third-order valence-electron chi connectivity index (χ3n) is 13.8. The van der Waals surface area contributed by atoms with E-state index in [2.05, 4.69) is 32.9 Å². The van der Waals surface area contributed by atoms with Crippen molar-refractivity contribution in [1.82, 2.24) is 0 Å². The predicted octanol–water partition coefficient (Wildman–Crippen LogP) is 20.9. The van der Waals surface area contributed by atoms with E-state index in [1.807, 2.05) is 0 Å². The van der Waals surface area contributed by atoms with E-state index in [4.69, 9.17) is 21.1 Å². The molecule has 0 N–H and O–H groups in total. The van der Waals surface area contributed by atoms with E-state index < -0.39 is 37.1 Å². The van der Waals surface area contributed by atoms with Gasteiger partial charge in [0.25, 0.3) is 0 Å². The number of hydrogen-bond donors (Lipinski definition) is 0. The lowest BCUT2D eigenvalue weighted by Gasteiger charge is -2.18. The highest BCUT2D eigenvalue weighted by Crippen LogP contribution is 2.18. The van der Waals surface area contributed by atoms with E-state index in [1.165, 1.54) is 199 Å². The molecule has 0 bridgehead atoms. The number of esters is 3. The van der Waals surface area contributed by atoms with Crippen molar-refractivity contribution in [3.8, 4) is 0 Å².